The van der Waals surface area contributed by atoms with E-state index in [1.165, 1.54) is 6.26 Å². The Morgan fingerprint density at radius 1 is 1.11 bits per heavy atom. The Balaban J connectivity index is 1.69. The van der Waals surface area contributed by atoms with E-state index in [9.17, 15) is 13.2 Å². The van der Waals surface area contributed by atoms with Crippen LogP contribution in [0.5, 0.6) is 5.75 Å². The number of piperidine rings is 1. The summed E-state index contributed by atoms with van der Waals surface area (Å²) >= 11 is 0. The summed E-state index contributed by atoms with van der Waals surface area (Å²) in [6, 6.07) is 12.9. The van der Waals surface area contributed by atoms with Gasteiger partial charge in [0.2, 0.25) is 0 Å². The second-order valence-corrected chi connectivity index (χ2v) is 11.5. The van der Waals surface area contributed by atoms with Crippen LogP contribution in [0.1, 0.15) is 24.0 Å². The Hall–Kier alpha value is -2.62. The normalized spacial score (nSPS) is 15.3. The minimum atomic E-state index is -3.28. The van der Waals surface area contributed by atoms with Gasteiger partial charge >= 0.3 is 6.03 Å². The fourth-order valence-electron chi connectivity index (χ4n) is 4.49. The zero-order valence-corrected chi connectivity index (χ0v) is 22.3. The zero-order valence-electron chi connectivity index (χ0n) is 21.5. The fraction of sp³-hybridized carbons (Fsp3) is 0.500. The summed E-state index contributed by atoms with van der Waals surface area (Å²) in [7, 11) is 2.33. The van der Waals surface area contributed by atoms with Crippen molar-refractivity contribution in [2.45, 2.75) is 37.2 Å². The molecule has 0 aromatic heterocycles. The first kappa shape index (κ1) is 27.0. The molecule has 3 rings (SSSR count). The number of hydrogen-bond donors (Lipinski definition) is 1. The van der Waals surface area contributed by atoms with Crippen molar-refractivity contribution in [3.63, 3.8) is 0 Å². The average molecular weight is 503 g/mol. The highest BCUT2D eigenvalue weighted by molar-refractivity contribution is 7.90. The molecule has 9 heteroatoms. The van der Waals surface area contributed by atoms with Crippen LogP contribution in [-0.2, 0) is 16.4 Å². The fourth-order valence-corrected chi connectivity index (χ4v) is 5.43. The molecule has 0 bridgehead atoms. The van der Waals surface area contributed by atoms with Crippen molar-refractivity contribution in [2.24, 2.45) is 0 Å². The Morgan fingerprint density at radius 2 is 1.80 bits per heavy atom. The van der Waals surface area contributed by atoms with Crippen molar-refractivity contribution in [2.75, 3.05) is 59.0 Å². The molecule has 8 nitrogen and oxygen atoms in total. The van der Waals surface area contributed by atoms with E-state index < -0.39 is 9.84 Å². The van der Waals surface area contributed by atoms with E-state index in [0.29, 0.717) is 29.4 Å². The number of carbonyl (C=O) groups excluding carboxylic acids is 1. The monoisotopic (exact) mass is 502 g/mol. The number of nitrogens with one attached hydrogen (secondary N) is 1. The topological polar surface area (TPSA) is 82.2 Å². The number of aryl methyl sites for hydroxylation is 1. The molecule has 192 valence electrons. The predicted molar refractivity (Wildman–Crippen MR) is 140 cm³/mol. The Bertz CT molecular complexity index is 1110. The number of rotatable bonds is 9. The molecule has 1 aliphatic heterocycles. The first-order chi connectivity index (χ1) is 16.6. The maximum absolute atomic E-state index is 13.4. The molecule has 0 spiro atoms. The molecule has 0 aliphatic carbocycles. The van der Waals surface area contributed by atoms with Gasteiger partial charge in [-0.2, -0.15) is 0 Å². The molecule has 35 heavy (non-hydrogen) atoms. The van der Waals surface area contributed by atoms with Gasteiger partial charge in [0.05, 0.1) is 17.7 Å². The third-order valence-electron chi connectivity index (χ3n) is 6.41. The van der Waals surface area contributed by atoms with Crippen molar-refractivity contribution < 1.29 is 17.9 Å². The number of ether oxygens (including phenoxy) is 1. The third kappa shape index (κ3) is 7.43. The van der Waals surface area contributed by atoms with Crippen molar-refractivity contribution in [3.8, 4) is 5.75 Å². The largest absolute Gasteiger partial charge is 0.495 e. The van der Waals surface area contributed by atoms with Gasteiger partial charge < -0.3 is 19.9 Å². The van der Waals surface area contributed by atoms with Gasteiger partial charge in [0.25, 0.3) is 0 Å². The number of anilines is 1. The van der Waals surface area contributed by atoms with Gasteiger partial charge in [0, 0.05) is 45.0 Å². The SMILES string of the molecule is COc1ccc(C)cc1NC(=O)N(CCN(C)C)C1CCN(Cc2ccccc2S(C)(=O)=O)CC1. The van der Waals surface area contributed by atoms with Crippen LogP contribution in [0.4, 0.5) is 10.5 Å². The Labute approximate surface area is 209 Å². The van der Waals surface area contributed by atoms with Gasteiger partial charge in [-0.1, -0.05) is 24.3 Å². The van der Waals surface area contributed by atoms with E-state index in [-0.39, 0.29) is 12.1 Å². The third-order valence-corrected chi connectivity index (χ3v) is 7.61. The lowest BCUT2D eigenvalue weighted by Crippen LogP contribution is -2.50. The van der Waals surface area contributed by atoms with E-state index in [2.05, 4.69) is 15.1 Å². The number of sulfone groups is 1. The van der Waals surface area contributed by atoms with Gasteiger partial charge in [-0.05, 0) is 63.2 Å². The smallest absolute Gasteiger partial charge is 0.322 e. The maximum Gasteiger partial charge on any atom is 0.322 e. The van der Waals surface area contributed by atoms with Crippen LogP contribution in [-0.4, -0.2) is 88.8 Å². The van der Waals surface area contributed by atoms with Crippen LogP contribution in [0.25, 0.3) is 0 Å². The van der Waals surface area contributed by atoms with E-state index in [1.54, 1.807) is 19.2 Å². The lowest BCUT2D eigenvalue weighted by Gasteiger charge is -2.39. The quantitative estimate of drug-likeness (QED) is 0.566. The number of hydrogen-bond acceptors (Lipinski definition) is 6. The molecular weight excluding hydrogens is 464 g/mol. The summed E-state index contributed by atoms with van der Waals surface area (Å²) in [6.07, 6.45) is 2.90. The van der Waals surface area contributed by atoms with Crippen molar-refractivity contribution in [1.29, 1.82) is 0 Å². The molecule has 1 saturated heterocycles. The van der Waals surface area contributed by atoms with Crippen molar-refractivity contribution in [3.05, 3.63) is 53.6 Å². The number of likely N-dealkylation sites (N-methyl/N-ethyl adjacent to an activating group) is 1. The van der Waals surface area contributed by atoms with Crippen LogP contribution in [0, 0.1) is 6.92 Å². The molecule has 0 saturated carbocycles. The Morgan fingerprint density at radius 3 is 2.43 bits per heavy atom. The van der Waals surface area contributed by atoms with Gasteiger partial charge in [-0.3, -0.25) is 4.90 Å². The molecule has 1 fully saturated rings. The van der Waals surface area contributed by atoms with Gasteiger partial charge in [-0.15, -0.1) is 0 Å². The second-order valence-electron chi connectivity index (χ2n) is 9.52. The Kier molecular flexibility index (Phi) is 9.15. The van der Waals surface area contributed by atoms with Gasteiger partial charge in [-0.25, -0.2) is 13.2 Å². The first-order valence-corrected chi connectivity index (χ1v) is 13.8. The lowest BCUT2D eigenvalue weighted by molar-refractivity contribution is 0.118. The van der Waals surface area contributed by atoms with Crippen molar-refractivity contribution >= 4 is 21.6 Å². The minimum absolute atomic E-state index is 0.104. The van der Waals surface area contributed by atoms with E-state index in [4.69, 9.17) is 4.74 Å². The summed E-state index contributed by atoms with van der Waals surface area (Å²) in [4.78, 5) is 20.1. The number of amides is 2. The highest BCUT2D eigenvalue weighted by atomic mass is 32.2. The highest BCUT2D eigenvalue weighted by Gasteiger charge is 2.29. The predicted octanol–water partition coefficient (Wildman–Crippen LogP) is 3.47. The summed E-state index contributed by atoms with van der Waals surface area (Å²) in [5.74, 6) is 0.635. The van der Waals surface area contributed by atoms with Crippen LogP contribution in [0.2, 0.25) is 0 Å². The number of urea groups is 1. The average Bonchev–Trinajstić information content (AvgIpc) is 2.80. The molecule has 2 aromatic carbocycles. The summed E-state index contributed by atoms with van der Waals surface area (Å²) in [6.45, 7) is 5.54. The van der Waals surface area contributed by atoms with E-state index in [1.807, 2.05) is 56.3 Å². The lowest BCUT2D eigenvalue weighted by atomic mass is 10.0. The van der Waals surface area contributed by atoms with Gasteiger partial charge in [0.15, 0.2) is 9.84 Å². The molecule has 1 heterocycles. The molecule has 0 radical (unpaired) electrons. The zero-order chi connectivity index (χ0) is 25.6. The van der Waals surface area contributed by atoms with Crippen LogP contribution < -0.4 is 10.1 Å². The highest BCUT2D eigenvalue weighted by Crippen LogP contribution is 2.27. The molecule has 2 aromatic rings. The molecule has 2 amide bonds. The standard InChI is InChI=1S/C26H38N4O4S/c1-20-10-11-24(34-4)23(18-20)27-26(31)30(17-16-28(2)3)22-12-14-29(15-13-22)19-21-8-6-7-9-25(21)35(5,32)33/h6-11,18,22H,12-17,19H2,1-5H3,(H,27,31). The maximum atomic E-state index is 13.4. The number of methoxy groups -OCH3 is 1. The number of likely N-dealkylation sites (tertiary alicyclic amines) is 1. The second kappa shape index (κ2) is 11.9. The van der Waals surface area contributed by atoms with Crippen molar-refractivity contribution in [1.82, 2.24) is 14.7 Å². The number of carbonyl (C=O) groups is 1. The number of nitrogens with zero attached hydrogens (tertiary/aromatic N) is 3. The van der Waals surface area contributed by atoms with Crippen LogP contribution in [0.3, 0.4) is 0 Å². The molecule has 0 atom stereocenters. The summed E-state index contributed by atoms with van der Waals surface area (Å²) in [5.41, 5.74) is 2.54. The first-order valence-electron chi connectivity index (χ1n) is 12.0. The number of benzene rings is 2. The van der Waals surface area contributed by atoms with Gasteiger partial charge in [0.1, 0.15) is 5.75 Å². The summed E-state index contributed by atoms with van der Waals surface area (Å²) in [5, 5.41) is 3.06. The van der Waals surface area contributed by atoms with E-state index in [0.717, 1.165) is 43.6 Å². The molecule has 1 N–H and O–H groups in total. The van der Waals surface area contributed by atoms with E-state index >= 15 is 0 Å². The molecule has 0 unspecified atom stereocenters. The van der Waals surface area contributed by atoms with Crippen LogP contribution >= 0.6 is 0 Å². The molecular formula is C26H38N4O4S. The summed E-state index contributed by atoms with van der Waals surface area (Å²) < 4.78 is 29.8. The minimum Gasteiger partial charge on any atom is -0.495 e. The molecule has 1 aliphatic rings. The van der Waals surface area contributed by atoms with Crippen LogP contribution in [0.15, 0.2) is 47.4 Å².